The Morgan fingerprint density at radius 3 is 2.72 bits per heavy atom. The lowest BCUT2D eigenvalue weighted by molar-refractivity contribution is -0.121. The molecule has 1 aromatic rings. The van der Waals surface area contributed by atoms with E-state index in [0.717, 1.165) is 37.8 Å². The molecule has 0 spiro atoms. The summed E-state index contributed by atoms with van der Waals surface area (Å²) >= 11 is 0. The molecule has 0 aliphatic rings. The lowest BCUT2D eigenvalue weighted by Gasteiger charge is -2.03. The number of aryl methyl sites for hydroxylation is 1. The number of nitrogens with one attached hydrogen (secondary N) is 1. The molecule has 0 unspecified atom stereocenters. The van der Waals surface area contributed by atoms with Crippen molar-refractivity contribution in [3.8, 4) is 0 Å². The summed E-state index contributed by atoms with van der Waals surface area (Å²) < 4.78 is 1.73. The van der Waals surface area contributed by atoms with E-state index < -0.39 is 0 Å². The maximum absolute atomic E-state index is 11.5. The standard InChI is InChI=1S/C12H22N4O.ClH/c1-16-10-11(9-15-16)8-14-12(17)6-4-2-3-5-7-13;/h9-10H,2-8,13H2,1H3,(H,14,17);1H. The molecule has 0 aromatic carbocycles. The Morgan fingerprint density at radius 2 is 2.11 bits per heavy atom. The van der Waals surface area contributed by atoms with Crippen LogP contribution in [0.15, 0.2) is 12.4 Å². The number of nitrogens with zero attached hydrogens (tertiary/aromatic N) is 2. The third-order valence-electron chi connectivity index (χ3n) is 2.61. The Balaban J connectivity index is 0.00000289. The minimum absolute atomic E-state index is 0. The summed E-state index contributed by atoms with van der Waals surface area (Å²) in [4.78, 5) is 11.5. The molecule has 0 atom stereocenters. The monoisotopic (exact) mass is 274 g/mol. The number of hydrogen-bond acceptors (Lipinski definition) is 3. The second-order valence-electron chi connectivity index (χ2n) is 4.25. The molecule has 0 radical (unpaired) electrons. The van der Waals surface area contributed by atoms with Gasteiger partial charge in [0, 0.05) is 31.8 Å². The van der Waals surface area contributed by atoms with Crippen LogP contribution in [-0.2, 0) is 18.4 Å². The number of nitrogens with two attached hydrogens (primary N) is 1. The van der Waals surface area contributed by atoms with Gasteiger partial charge in [-0.3, -0.25) is 9.48 Å². The van der Waals surface area contributed by atoms with E-state index >= 15 is 0 Å². The molecule has 5 nitrogen and oxygen atoms in total. The van der Waals surface area contributed by atoms with Crippen LogP contribution >= 0.6 is 12.4 Å². The molecule has 0 saturated heterocycles. The second kappa shape index (κ2) is 9.91. The zero-order valence-corrected chi connectivity index (χ0v) is 11.7. The van der Waals surface area contributed by atoms with Gasteiger partial charge in [-0.15, -0.1) is 12.4 Å². The molecule has 18 heavy (non-hydrogen) atoms. The zero-order valence-electron chi connectivity index (χ0n) is 10.9. The first-order chi connectivity index (χ1) is 8.22. The molecule has 0 fully saturated rings. The van der Waals surface area contributed by atoms with Crippen molar-refractivity contribution in [1.29, 1.82) is 0 Å². The summed E-state index contributed by atoms with van der Waals surface area (Å²) in [5, 5.41) is 6.93. The van der Waals surface area contributed by atoms with Gasteiger partial charge in [-0.05, 0) is 19.4 Å². The molecular weight excluding hydrogens is 252 g/mol. The molecular formula is C12H23ClN4O. The average molecular weight is 275 g/mol. The van der Waals surface area contributed by atoms with Gasteiger partial charge < -0.3 is 11.1 Å². The third kappa shape index (κ3) is 7.29. The zero-order chi connectivity index (χ0) is 12.5. The number of carbonyl (C=O) groups is 1. The third-order valence-corrected chi connectivity index (χ3v) is 2.61. The van der Waals surface area contributed by atoms with E-state index in [0.29, 0.717) is 13.0 Å². The fourth-order valence-electron chi connectivity index (χ4n) is 1.64. The number of unbranched alkanes of at least 4 members (excludes halogenated alkanes) is 3. The molecule has 0 saturated carbocycles. The van der Waals surface area contributed by atoms with Crippen LogP contribution in [0.25, 0.3) is 0 Å². The average Bonchev–Trinajstić information content (AvgIpc) is 2.72. The molecule has 1 heterocycles. The number of carbonyl (C=O) groups excluding carboxylic acids is 1. The first-order valence-electron chi connectivity index (χ1n) is 6.16. The largest absolute Gasteiger partial charge is 0.352 e. The Hall–Kier alpha value is -1.07. The van der Waals surface area contributed by atoms with E-state index in [1.165, 1.54) is 0 Å². The van der Waals surface area contributed by atoms with Crippen LogP contribution in [0.3, 0.4) is 0 Å². The Labute approximate surface area is 115 Å². The molecule has 104 valence electrons. The predicted molar refractivity (Wildman–Crippen MR) is 74.4 cm³/mol. The fraction of sp³-hybridized carbons (Fsp3) is 0.667. The van der Waals surface area contributed by atoms with Gasteiger partial charge in [0.05, 0.1) is 6.20 Å². The quantitative estimate of drug-likeness (QED) is 0.703. The molecule has 0 aliphatic carbocycles. The lowest BCUT2D eigenvalue weighted by atomic mass is 10.1. The van der Waals surface area contributed by atoms with Gasteiger partial charge in [0.15, 0.2) is 0 Å². The Kier molecular flexibility index (Phi) is 9.32. The highest BCUT2D eigenvalue weighted by Gasteiger charge is 2.02. The van der Waals surface area contributed by atoms with Crippen LogP contribution in [0.2, 0.25) is 0 Å². The van der Waals surface area contributed by atoms with Crippen molar-refractivity contribution in [3.05, 3.63) is 18.0 Å². The maximum Gasteiger partial charge on any atom is 0.220 e. The highest BCUT2D eigenvalue weighted by molar-refractivity contribution is 5.85. The van der Waals surface area contributed by atoms with Crippen LogP contribution in [0.1, 0.15) is 37.7 Å². The van der Waals surface area contributed by atoms with Crippen LogP contribution in [0, 0.1) is 0 Å². The van der Waals surface area contributed by atoms with Gasteiger partial charge in [-0.25, -0.2) is 0 Å². The molecule has 1 aromatic heterocycles. The molecule has 6 heteroatoms. The summed E-state index contributed by atoms with van der Waals surface area (Å²) in [6.07, 6.45) is 8.47. The first-order valence-corrected chi connectivity index (χ1v) is 6.16. The number of amides is 1. The molecule has 1 rings (SSSR count). The summed E-state index contributed by atoms with van der Waals surface area (Å²) in [6, 6.07) is 0. The maximum atomic E-state index is 11.5. The molecule has 3 N–H and O–H groups in total. The van der Waals surface area contributed by atoms with Gasteiger partial charge in [0.2, 0.25) is 5.91 Å². The van der Waals surface area contributed by atoms with Crippen LogP contribution in [0.4, 0.5) is 0 Å². The molecule has 0 bridgehead atoms. The van der Waals surface area contributed by atoms with Crippen molar-refractivity contribution in [3.63, 3.8) is 0 Å². The van der Waals surface area contributed by atoms with Crippen molar-refractivity contribution < 1.29 is 4.79 Å². The minimum Gasteiger partial charge on any atom is -0.352 e. The minimum atomic E-state index is 0. The number of hydrogen-bond donors (Lipinski definition) is 2. The Morgan fingerprint density at radius 1 is 1.39 bits per heavy atom. The van der Waals surface area contributed by atoms with E-state index in [-0.39, 0.29) is 18.3 Å². The van der Waals surface area contributed by atoms with Crippen LogP contribution < -0.4 is 11.1 Å². The lowest BCUT2D eigenvalue weighted by Crippen LogP contribution is -2.22. The van der Waals surface area contributed by atoms with Crippen molar-refractivity contribution in [1.82, 2.24) is 15.1 Å². The van der Waals surface area contributed by atoms with Crippen LogP contribution in [-0.4, -0.2) is 22.2 Å². The highest BCUT2D eigenvalue weighted by Crippen LogP contribution is 2.02. The predicted octanol–water partition coefficient (Wildman–Crippen LogP) is 1.37. The summed E-state index contributed by atoms with van der Waals surface area (Å²) in [5.41, 5.74) is 6.43. The van der Waals surface area contributed by atoms with Crippen molar-refractivity contribution in [2.75, 3.05) is 6.54 Å². The van der Waals surface area contributed by atoms with Gasteiger partial charge in [-0.2, -0.15) is 5.10 Å². The van der Waals surface area contributed by atoms with E-state index in [4.69, 9.17) is 5.73 Å². The van der Waals surface area contributed by atoms with E-state index in [1.807, 2.05) is 13.2 Å². The van der Waals surface area contributed by atoms with Gasteiger partial charge in [-0.1, -0.05) is 12.8 Å². The topological polar surface area (TPSA) is 72.9 Å². The molecule has 1 amide bonds. The number of rotatable bonds is 8. The van der Waals surface area contributed by atoms with Crippen molar-refractivity contribution >= 4 is 18.3 Å². The first kappa shape index (κ1) is 16.9. The smallest absolute Gasteiger partial charge is 0.220 e. The van der Waals surface area contributed by atoms with Gasteiger partial charge in [0.25, 0.3) is 0 Å². The summed E-state index contributed by atoms with van der Waals surface area (Å²) in [5.74, 6) is 0.113. The SMILES string of the molecule is Cl.Cn1cc(CNC(=O)CCCCCCN)cn1. The Bertz CT molecular complexity index is 341. The molecule has 0 aliphatic heterocycles. The fourth-order valence-corrected chi connectivity index (χ4v) is 1.64. The van der Waals surface area contributed by atoms with E-state index in [2.05, 4.69) is 10.4 Å². The number of halogens is 1. The highest BCUT2D eigenvalue weighted by atomic mass is 35.5. The summed E-state index contributed by atoms with van der Waals surface area (Å²) in [7, 11) is 1.86. The van der Waals surface area contributed by atoms with Gasteiger partial charge in [0.1, 0.15) is 0 Å². The van der Waals surface area contributed by atoms with E-state index in [9.17, 15) is 4.79 Å². The van der Waals surface area contributed by atoms with E-state index in [1.54, 1.807) is 10.9 Å². The second-order valence-corrected chi connectivity index (χ2v) is 4.25. The van der Waals surface area contributed by atoms with Crippen LogP contribution in [0.5, 0.6) is 0 Å². The number of aromatic nitrogens is 2. The summed E-state index contributed by atoms with van der Waals surface area (Å²) in [6.45, 7) is 1.31. The normalized spacial score (nSPS) is 9.89. The van der Waals surface area contributed by atoms with Crippen molar-refractivity contribution in [2.45, 2.75) is 38.6 Å². The van der Waals surface area contributed by atoms with Gasteiger partial charge >= 0.3 is 0 Å². The van der Waals surface area contributed by atoms with Crippen molar-refractivity contribution in [2.24, 2.45) is 12.8 Å².